The van der Waals surface area contributed by atoms with Crippen molar-refractivity contribution in [3.8, 4) is 0 Å². The van der Waals surface area contributed by atoms with E-state index in [1.54, 1.807) is 12.0 Å². The minimum absolute atomic E-state index is 0.00817. The lowest BCUT2D eigenvalue weighted by Crippen LogP contribution is -2.45. The van der Waals surface area contributed by atoms with Crippen LogP contribution in [-0.4, -0.2) is 59.0 Å². The molecule has 2 amide bonds. The Balaban J connectivity index is 2.01. The van der Waals surface area contributed by atoms with Crippen molar-refractivity contribution in [3.63, 3.8) is 0 Å². The van der Waals surface area contributed by atoms with Gasteiger partial charge in [0.25, 0.3) is 0 Å². The summed E-state index contributed by atoms with van der Waals surface area (Å²) in [7, 11) is 1.67. The van der Waals surface area contributed by atoms with Crippen LogP contribution in [0.3, 0.4) is 0 Å². The summed E-state index contributed by atoms with van der Waals surface area (Å²) in [6, 6.07) is 14.5. The highest BCUT2D eigenvalue weighted by atomic mass is 16.5. The van der Waals surface area contributed by atoms with Crippen LogP contribution in [0, 0.1) is 0 Å². The van der Waals surface area contributed by atoms with Crippen LogP contribution in [-0.2, 0) is 27.4 Å². The van der Waals surface area contributed by atoms with E-state index in [9.17, 15) is 9.59 Å². The first kappa shape index (κ1) is 29.6. The summed E-state index contributed by atoms with van der Waals surface area (Å²) in [6.07, 6.45) is 10.1. The molecule has 1 aromatic carbocycles. The number of rotatable bonds is 18. The molecule has 0 bridgehead atoms. The Kier molecular flexibility index (Phi) is 14.0. The summed E-state index contributed by atoms with van der Waals surface area (Å²) in [4.78, 5) is 30.1. The number of carbonyl (C=O) groups is 2. The third-order valence-corrected chi connectivity index (χ3v) is 6.59. The van der Waals surface area contributed by atoms with E-state index in [1.807, 2.05) is 43.0 Å². The zero-order chi connectivity index (χ0) is 26.2. The largest absolute Gasteiger partial charge is 0.385 e. The molecule has 0 radical (unpaired) electrons. The minimum Gasteiger partial charge on any atom is -0.385 e. The Labute approximate surface area is 218 Å². The molecule has 6 heteroatoms. The van der Waals surface area contributed by atoms with Gasteiger partial charge in [0.2, 0.25) is 11.8 Å². The number of unbranched alkanes of at least 4 members (excludes halogenated alkanes) is 5. The van der Waals surface area contributed by atoms with Gasteiger partial charge in [-0.05, 0) is 44.4 Å². The lowest BCUT2D eigenvalue weighted by atomic mass is 10.1. The van der Waals surface area contributed by atoms with Crippen LogP contribution in [0.5, 0.6) is 0 Å². The number of carbonyl (C=O) groups excluding carboxylic acids is 2. The Morgan fingerprint density at radius 3 is 2.33 bits per heavy atom. The number of ether oxygens (including phenoxy) is 1. The summed E-state index contributed by atoms with van der Waals surface area (Å²) >= 11 is 0. The predicted octanol–water partition coefficient (Wildman–Crippen LogP) is 5.89. The first-order valence-corrected chi connectivity index (χ1v) is 13.7. The second-order valence-electron chi connectivity index (χ2n) is 9.91. The molecule has 1 heterocycles. The summed E-state index contributed by atoms with van der Waals surface area (Å²) in [5.41, 5.74) is 2.31. The van der Waals surface area contributed by atoms with Gasteiger partial charge in [0, 0.05) is 51.2 Å². The number of amides is 2. The van der Waals surface area contributed by atoms with Crippen LogP contribution in [0.4, 0.5) is 0 Å². The third-order valence-electron chi connectivity index (χ3n) is 6.59. The van der Waals surface area contributed by atoms with Gasteiger partial charge in [-0.15, -0.1) is 0 Å². The second kappa shape index (κ2) is 17.0. The molecule has 0 unspecified atom stereocenters. The van der Waals surface area contributed by atoms with Gasteiger partial charge in [0.05, 0.1) is 13.1 Å². The molecule has 2 aromatic rings. The van der Waals surface area contributed by atoms with E-state index in [0.29, 0.717) is 26.1 Å². The topological polar surface area (TPSA) is 54.8 Å². The van der Waals surface area contributed by atoms with Gasteiger partial charge in [-0.25, -0.2) is 0 Å². The number of hydrogen-bond acceptors (Lipinski definition) is 3. The molecule has 2 rings (SSSR count). The Morgan fingerprint density at radius 1 is 0.917 bits per heavy atom. The van der Waals surface area contributed by atoms with Gasteiger partial charge >= 0.3 is 0 Å². The number of methoxy groups -OCH3 is 1. The van der Waals surface area contributed by atoms with Gasteiger partial charge in [0.1, 0.15) is 0 Å². The van der Waals surface area contributed by atoms with Crippen LogP contribution < -0.4 is 0 Å². The SMILES string of the molecule is CCCCCCCCC(=O)N(CCCOC)CC(=O)N(Cc1cccn1Cc1ccccc1)C(C)C. The van der Waals surface area contributed by atoms with Crippen molar-refractivity contribution in [2.45, 2.75) is 91.3 Å². The quantitative estimate of drug-likeness (QED) is 0.241. The van der Waals surface area contributed by atoms with Crippen LogP contribution in [0.2, 0.25) is 0 Å². The Morgan fingerprint density at radius 2 is 1.64 bits per heavy atom. The molecule has 0 aliphatic heterocycles. The molecule has 6 nitrogen and oxygen atoms in total. The van der Waals surface area contributed by atoms with Gasteiger partial charge in [-0.1, -0.05) is 69.4 Å². The summed E-state index contributed by atoms with van der Waals surface area (Å²) in [6.45, 7) is 8.82. The number of hydrogen-bond donors (Lipinski definition) is 0. The molecule has 0 saturated heterocycles. The van der Waals surface area contributed by atoms with Crippen LogP contribution in [0.25, 0.3) is 0 Å². The fraction of sp³-hybridized carbons (Fsp3) is 0.600. The zero-order valence-electron chi connectivity index (χ0n) is 23.0. The normalized spacial score (nSPS) is 11.1. The van der Waals surface area contributed by atoms with E-state index < -0.39 is 0 Å². The summed E-state index contributed by atoms with van der Waals surface area (Å²) in [5.74, 6) is 0.0669. The molecular weight excluding hydrogens is 450 g/mol. The molecular formula is C30H47N3O3. The maximum absolute atomic E-state index is 13.5. The molecule has 200 valence electrons. The fourth-order valence-corrected chi connectivity index (χ4v) is 4.42. The van der Waals surface area contributed by atoms with Crippen molar-refractivity contribution in [2.24, 2.45) is 0 Å². The third kappa shape index (κ3) is 10.6. The van der Waals surface area contributed by atoms with E-state index >= 15 is 0 Å². The maximum atomic E-state index is 13.5. The highest BCUT2D eigenvalue weighted by Gasteiger charge is 2.23. The molecule has 0 spiro atoms. The Bertz CT molecular complexity index is 879. The monoisotopic (exact) mass is 497 g/mol. The number of nitrogens with zero attached hydrogens (tertiary/aromatic N) is 3. The van der Waals surface area contributed by atoms with E-state index in [0.717, 1.165) is 31.5 Å². The van der Waals surface area contributed by atoms with Crippen molar-refractivity contribution in [1.82, 2.24) is 14.4 Å². The number of aromatic nitrogens is 1. The lowest BCUT2D eigenvalue weighted by molar-refractivity contribution is -0.142. The average Bonchev–Trinajstić information content (AvgIpc) is 3.30. The highest BCUT2D eigenvalue weighted by Crippen LogP contribution is 2.14. The molecule has 1 aromatic heterocycles. The van der Waals surface area contributed by atoms with E-state index in [4.69, 9.17) is 4.74 Å². The van der Waals surface area contributed by atoms with Crippen molar-refractivity contribution < 1.29 is 14.3 Å². The highest BCUT2D eigenvalue weighted by molar-refractivity contribution is 5.85. The van der Waals surface area contributed by atoms with Crippen molar-refractivity contribution in [2.75, 3.05) is 26.8 Å². The summed E-state index contributed by atoms with van der Waals surface area (Å²) < 4.78 is 7.39. The van der Waals surface area contributed by atoms with Gasteiger partial charge in [-0.2, -0.15) is 0 Å². The molecule has 0 aliphatic carbocycles. The zero-order valence-corrected chi connectivity index (χ0v) is 23.0. The predicted molar refractivity (Wildman–Crippen MR) is 147 cm³/mol. The number of benzene rings is 1. The van der Waals surface area contributed by atoms with Gasteiger partial charge < -0.3 is 19.1 Å². The van der Waals surface area contributed by atoms with E-state index in [2.05, 4.69) is 35.9 Å². The van der Waals surface area contributed by atoms with Gasteiger partial charge in [-0.3, -0.25) is 9.59 Å². The first-order valence-electron chi connectivity index (χ1n) is 13.7. The van der Waals surface area contributed by atoms with Crippen LogP contribution in [0.1, 0.15) is 83.4 Å². The summed E-state index contributed by atoms with van der Waals surface area (Å²) in [5, 5.41) is 0. The minimum atomic E-state index is -0.00817. The molecule has 0 saturated carbocycles. The smallest absolute Gasteiger partial charge is 0.242 e. The van der Waals surface area contributed by atoms with Crippen molar-refractivity contribution in [1.29, 1.82) is 0 Å². The van der Waals surface area contributed by atoms with E-state index in [-0.39, 0.29) is 24.4 Å². The van der Waals surface area contributed by atoms with E-state index in [1.165, 1.54) is 31.2 Å². The fourth-order valence-electron chi connectivity index (χ4n) is 4.42. The average molecular weight is 498 g/mol. The lowest BCUT2D eigenvalue weighted by Gasteiger charge is -2.31. The molecule has 0 N–H and O–H groups in total. The molecule has 0 atom stereocenters. The van der Waals surface area contributed by atoms with Crippen molar-refractivity contribution >= 4 is 11.8 Å². The van der Waals surface area contributed by atoms with Crippen molar-refractivity contribution in [3.05, 3.63) is 59.9 Å². The maximum Gasteiger partial charge on any atom is 0.242 e. The van der Waals surface area contributed by atoms with Crippen LogP contribution in [0.15, 0.2) is 48.7 Å². The molecule has 0 aliphatic rings. The standard InChI is InChI=1S/C30H47N3O3/c1-5-6-7-8-9-13-19-29(34)32(21-15-22-36-4)25-30(35)33(26(2)3)24-28-18-14-20-31(28)23-27-16-11-10-12-17-27/h10-12,14,16-18,20,26H,5-9,13,15,19,21-25H2,1-4H3. The first-order chi connectivity index (χ1) is 17.5. The molecule has 0 fully saturated rings. The molecule has 36 heavy (non-hydrogen) atoms. The van der Waals surface area contributed by atoms with Gasteiger partial charge in [0.15, 0.2) is 0 Å². The van der Waals surface area contributed by atoms with Crippen LogP contribution >= 0.6 is 0 Å². The second-order valence-corrected chi connectivity index (χ2v) is 9.91. The Hall–Kier alpha value is -2.60.